The molecule has 4 rings (SSSR count). The van der Waals surface area contributed by atoms with E-state index in [4.69, 9.17) is 2.69 Å². The van der Waals surface area contributed by atoms with Crippen molar-refractivity contribution in [1.82, 2.24) is 14.9 Å². The van der Waals surface area contributed by atoms with Crippen molar-refractivity contribution in [3.8, 4) is 5.75 Å². The maximum absolute atomic E-state index is 13.1. The van der Waals surface area contributed by atoms with Crippen LogP contribution in [0.1, 0.15) is 27.8 Å². The average Bonchev–Trinajstić information content (AvgIpc) is 2.86. The first kappa shape index (κ1) is 16.3. The third-order valence-corrected chi connectivity index (χ3v) is 5.04. The Balaban J connectivity index is 1.80. The van der Waals surface area contributed by atoms with Crippen LogP contribution >= 0.6 is 0 Å². The first-order valence-electron chi connectivity index (χ1n) is 7.49. The molecule has 0 aliphatic carbocycles. The molecule has 1 aromatic carbocycles. The zero-order valence-corrected chi connectivity index (χ0v) is 17.4. The number of aliphatic hydroxyl groups is 1. The Morgan fingerprint density at radius 3 is 2.76 bits per heavy atom. The second kappa shape index (κ2) is 6.30. The molecule has 1 amide bonds. The number of amides is 1. The molecule has 6 nitrogen and oxygen atoms in total. The second-order valence-electron chi connectivity index (χ2n) is 5.62. The maximum atomic E-state index is 13.1. The Morgan fingerprint density at radius 1 is 1.28 bits per heavy atom. The predicted octanol–water partition coefficient (Wildman–Crippen LogP) is 1.88. The van der Waals surface area contributed by atoms with Gasteiger partial charge in [0.05, 0.1) is 0 Å². The van der Waals surface area contributed by atoms with Crippen LogP contribution in [0.15, 0.2) is 42.6 Å². The molecule has 122 valence electrons. The van der Waals surface area contributed by atoms with E-state index in [-0.39, 0.29) is 55.7 Å². The van der Waals surface area contributed by atoms with Crippen LogP contribution in [0.25, 0.3) is 11.0 Å². The first-order valence-corrected chi connectivity index (χ1v) is 9.32. The minimum absolute atomic E-state index is 0.142. The van der Waals surface area contributed by atoms with Crippen molar-refractivity contribution in [3.63, 3.8) is 0 Å². The van der Waals surface area contributed by atoms with Crippen molar-refractivity contribution in [2.24, 2.45) is 0 Å². The molecule has 3 heterocycles. The molecule has 1 N–H and O–H groups in total. The van der Waals surface area contributed by atoms with E-state index in [0.29, 0.717) is 22.3 Å². The van der Waals surface area contributed by atoms with Crippen LogP contribution in [0.4, 0.5) is 4.39 Å². The van der Waals surface area contributed by atoms with E-state index >= 15 is 0 Å². The molecule has 8 heteroatoms. The molecular formula is C17H11FN3O3Tl. The number of nitrogens with zero attached hydrogens (tertiary/aromatic N) is 3. The van der Waals surface area contributed by atoms with Crippen molar-refractivity contribution in [2.45, 2.75) is 12.8 Å². The summed E-state index contributed by atoms with van der Waals surface area (Å²) in [4.78, 5) is 22.8. The van der Waals surface area contributed by atoms with E-state index in [9.17, 15) is 14.3 Å². The number of aromatic nitrogens is 2. The topological polar surface area (TPSA) is 75.5 Å². The number of aliphatic hydroxyl groups excluding tert-OH is 1. The summed E-state index contributed by atoms with van der Waals surface area (Å²) in [5, 5.41) is 10.6. The van der Waals surface area contributed by atoms with Gasteiger partial charge in [-0.1, -0.05) is 0 Å². The Morgan fingerprint density at radius 2 is 2.04 bits per heavy atom. The van der Waals surface area contributed by atoms with Crippen molar-refractivity contribution < 1.29 is 17.0 Å². The van der Waals surface area contributed by atoms with Gasteiger partial charge in [0.1, 0.15) is 0 Å². The number of rotatable bonds is 3. The SMILES string of the molecule is O=C1c2c(nc3cccnc3c2[O][Tl])C(O)N1Cc1ccc(F)cc1. The quantitative estimate of drug-likeness (QED) is 0.526. The standard InChI is InChI=1S/C17H12FN3O3.Tl/c18-10-5-3-9(4-6-10)8-21-16(23)12-14(17(21)24)20-11-2-1-7-19-13(11)15(12)22;/h1-7,17,24H,8H2,(H,20,22);/q;+1/p-1. The normalized spacial score (nSPS) is 16.3. The van der Waals surface area contributed by atoms with E-state index in [2.05, 4.69) is 9.97 Å². The molecule has 0 fully saturated rings. The van der Waals surface area contributed by atoms with E-state index < -0.39 is 6.23 Å². The summed E-state index contributed by atoms with van der Waals surface area (Å²) in [7, 11) is 0. The van der Waals surface area contributed by atoms with Gasteiger partial charge in [-0.25, -0.2) is 0 Å². The third kappa shape index (κ3) is 2.67. The molecule has 3 aromatic rings. The van der Waals surface area contributed by atoms with Gasteiger partial charge in [-0.05, 0) is 0 Å². The number of benzene rings is 1. The molecule has 1 atom stereocenters. The molecule has 0 saturated heterocycles. The number of fused-ring (bicyclic) bond motifs is 2. The zero-order valence-electron chi connectivity index (χ0n) is 12.9. The van der Waals surface area contributed by atoms with Gasteiger partial charge in [-0.2, -0.15) is 0 Å². The summed E-state index contributed by atoms with van der Waals surface area (Å²) in [6, 6.07) is 9.29. The summed E-state index contributed by atoms with van der Waals surface area (Å²) in [5.41, 5.74) is 2.30. The number of hydrogen-bond acceptors (Lipinski definition) is 5. The molecule has 0 spiro atoms. The number of pyridine rings is 2. The number of halogens is 1. The molecule has 1 aliphatic heterocycles. The van der Waals surface area contributed by atoms with Crippen LogP contribution in [-0.4, -0.2) is 52.1 Å². The van der Waals surface area contributed by atoms with Crippen molar-refractivity contribution >= 4 is 43.2 Å². The van der Waals surface area contributed by atoms with E-state index in [1.807, 2.05) is 0 Å². The number of hydrogen-bond donors (Lipinski definition) is 1. The Labute approximate surface area is 158 Å². The Hall–Kier alpha value is -2.14. The van der Waals surface area contributed by atoms with Crippen LogP contribution in [-0.2, 0) is 6.54 Å². The van der Waals surface area contributed by atoms with Crippen molar-refractivity contribution in [2.75, 3.05) is 0 Å². The summed E-state index contributed by atoms with van der Waals surface area (Å²) < 4.78 is 18.6. The molecule has 0 bridgehead atoms. The van der Waals surface area contributed by atoms with Crippen LogP contribution in [0.3, 0.4) is 0 Å². The third-order valence-electron chi connectivity index (χ3n) is 4.12. The molecule has 1 aliphatic rings. The number of carbonyl (C=O) groups excluding carboxylic acids is 1. The summed E-state index contributed by atoms with van der Waals surface area (Å²) >= 11 is 0.151. The monoisotopic (exact) mass is 529 g/mol. The molecule has 2 aromatic heterocycles. The fourth-order valence-electron chi connectivity index (χ4n) is 2.94. The van der Waals surface area contributed by atoms with Gasteiger partial charge in [0.15, 0.2) is 0 Å². The molecule has 0 radical (unpaired) electrons. The van der Waals surface area contributed by atoms with Gasteiger partial charge in [0, 0.05) is 0 Å². The van der Waals surface area contributed by atoms with Crippen LogP contribution in [0.5, 0.6) is 5.75 Å². The van der Waals surface area contributed by atoms with E-state index in [1.54, 1.807) is 30.5 Å². The van der Waals surface area contributed by atoms with Crippen LogP contribution < -0.4 is 2.69 Å². The fraction of sp³-hybridized carbons (Fsp3) is 0.118. The minimum atomic E-state index is -1.18. The predicted molar refractivity (Wildman–Crippen MR) is 87.2 cm³/mol. The van der Waals surface area contributed by atoms with Gasteiger partial charge in [0.2, 0.25) is 0 Å². The zero-order chi connectivity index (χ0) is 17.6. The Bertz CT molecular complexity index is 981. The second-order valence-corrected chi connectivity index (χ2v) is 6.54. The Kier molecular flexibility index (Phi) is 4.12. The van der Waals surface area contributed by atoms with Gasteiger partial charge in [0.25, 0.3) is 0 Å². The van der Waals surface area contributed by atoms with Gasteiger partial charge < -0.3 is 0 Å². The van der Waals surface area contributed by atoms with Crippen LogP contribution in [0, 0.1) is 5.82 Å². The van der Waals surface area contributed by atoms with Crippen molar-refractivity contribution in [1.29, 1.82) is 0 Å². The van der Waals surface area contributed by atoms with E-state index in [0.717, 1.165) is 0 Å². The summed E-state index contributed by atoms with van der Waals surface area (Å²) in [6.45, 7) is 0.142. The summed E-state index contributed by atoms with van der Waals surface area (Å²) in [5.74, 6) is -0.356. The molecule has 25 heavy (non-hydrogen) atoms. The van der Waals surface area contributed by atoms with Gasteiger partial charge >= 0.3 is 159 Å². The van der Waals surface area contributed by atoms with Crippen LogP contribution in [0.2, 0.25) is 0 Å². The van der Waals surface area contributed by atoms with E-state index in [1.165, 1.54) is 17.0 Å². The van der Waals surface area contributed by atoms with Gasteiger partial charge in [-0.15, -0.1) is 0 Å². The van der Waals surface area contributed by atoms with Gasteiger partial charge in [-0.3, -0.25) is 0 Å². The summed E-state index contributed by atoms with van der Waals surface area (Å²) in [6.07, 6.45) is 0.423. The average molecular weight is 529 g/mol. The number of carbonyl (C=O) groups is 1. The molecular weight excluding hydrogens is 518 g/mol. The fourth-order valence-corrected chi connectivity index (χ4v) is 3.83. The molecule has 0 saturated carbocycles. The molecule has 1 unspecified atom stereocenters. The first-order chi connectivity index (χ1) is 12.1. The van der Waals surface area contributed by atoms with Crippen molar-refractivity contribution in [3.05, 3.63) is 65.2 Å².